The van der Waals surface area contributed by atoms with Gasteiger partial charge in [-0.05, 0) is 26.2 Å². The first-order valence-corrected chi connectivity index (χ1v) is 3.27. The third kappa shape index (κ3) is 5.74. The van der Waals surface area contributed by atoms with Crippen molar-refractivity contribution in [2.24, 2.45) is 0 Å². The summed E-state index contributed by atoms with van der Waals surface area (Å²) >= 11 is 0. The maximum Gasteiger partial charge on any atom is -0.0348 e. The van der Waals surface area contributed by atoms with Crippen molar-refractivity contribution in [1.82, 2.24) is 0 Å². The van der Waals surface area contributed by atoms with Crippen LogP contribution >= 0.6 is 0 Å². The van der Waals surface area contributed by atoms with Crippen LogP contribution in [0.4, 0.5) is 0 Å². The summed E-state index contributed by atoms with van der Waals surface area (Å²) in [6.45, 7) is 7.43. The molecule has 0 heterocycles. The molecule has 0 N–H and O–H groups in total. The number of hydrogen-bond acceptors (Lipinski definition) is 0. The normalized spacial score (nSPS) is 10.8. The van der Waals surface area contributed by atoms with E-state index in [1.54, 1.807) is 0 Å². The highest BCUT2D eigenvalue weighted by atomic mass is 13.8. The molecule has 0 nitrogen and oxygen atoms in total. The highest BCUT2D eigenvalue weighted by Crippen LogP contribution is 1.92. The predicted molar refractivity (Wildman–Crippen MR) is 37.6 cm³/mol. The van der Waals surface area contributed by atoms with Crippen molar-refractivity contribution in [3.05, 3.63) is 19.1 Å². The second kappa shape index (κ2) is 6.74. The van der Waals surface area contributed by atoms with Gasteiger partial charge in [0.05, 0.1) is 0 Å². The van der Waals surface area contributed by atoms with Crippen LogP contribution in [0.1, 0.15) is 32.6 Å². The summed E-state index contributed by atoms with van der Waals surface area (Å²) in [5.41, 5.74) is 0. The van der Waals surface area contributed by atoms with Crippen LogP contribution in [0.25, 0.3) is 0 Å². The Labute approximate surface area is 52.6 Å². The van der Waals surface area contributed by atoms with Crippen molar-refractivity contribution < 1.29 is 0 Å². The summed E-state index contributed by atoms with van der Waals surface area (Å²) in [6, 6.07) is 0. The molecule has 0 saturated heterocycles. The minimum atomic E-state index is 0.778. The average molecular weight is 110 g/mol. The van der Waals surface area contributed by atoms with Gasteiger partial charge in [-0.3, -0.25) is 0 Å². The molecular weight excluding hydrogens is 96.1 g/mol. The van der Waals surface area contributed by atoms with Crippen LogP contribution in [-0.4, -0.2) is 0 Å². The highest BCUT2D eigenvalue weighted by molar-refractivity contribution is 4.80. The number of rotatable bonds is 4. The fourth-order valence-corrected chi connectivity index (χ4v) is 0.499. The van der Waals surface area contributed by atoms with Gasteiger partial charge in [0.25, 0.3) is 0 Å². The molecule has 0 spiro atoms. The van der Waals surface area contributed by atoms with Crippen LogP contribution in [0.15, 0.2) is 12.2 Å². The molecule has 46 valence electrons. The van der Waals surface area contributed by atoms with Crippen LogP contribution in [0.2, 0.25) is 0 Å². The highest BCUT2D eigenvalue weighted by Gasteiger charge is 1.72. The second-order valence-electron chi connectivity index (χ2n) is 1.84. The first kappa shape index (κ1) is 7.74. The third-order valence-corrected chi connectivity index (χ3v) is 0.955. The van der Waals surface area contributed by atoms with Crippen LogP contribution in [0.5, 0.6) is 0 Å². The summed E-state index contributed by atoms with van der Waals surface area (Å²) < 4.78 is 0. The van der Waals surface area contributed by atoms with Gasteiger partial charge >= 0.3 is 0 Å². The van der Waals surface area contributed by atoms with Gasteiger partial charge in [-0.15, -0.1) is 0 Å². The van der Waals surface area contributed by atoms with Crippen molar-refractivity contribution >= 4 is 0 Å². The number of unbranched alkanes of at least 4 members (excludes halogenated alkanes) is 2. The first-order chi connectivity index (χ1) is 3.91. The molecule has 2 radical (unpaired) electrons. The maximum absolute atomic E-state index is 5.26. The number of hydrogen-bond donors (Lipinski definition) is 0. The molecule has 0 saturated carbocycles. The molecule has 0 heteroatoms. The van der Waals surface area contributed by atoms with E-state index in [-0.39, 0.29) is 0 Å². The zero-order valence-electron chi connectivity index (χ0n) is 5.56. The van der Waals surface area contributed by atoms with Gasteiger partial charge in [0.2, 0.25) is 0 Å². The predicted octanol–water partition coefficient (Wildman–Crippen LogP) is 2.83. The lowest BCUT2D eigenvalue weighted by Crippen LogP contribution is -1.62. The van der Waals surface area contributed by atoms with Gasteiger partial charge in [-0.25, -0.2) is 0 Å². The Balaban J connectivity index is 2.83. The molecule has 0 aromatic carbocycles. The van der Waals surface area contributed by atoms with Gasteiger partial charge < -0.3 is 0 Å². The third-order valence-electron chi connectivity index (χ3n) is 0.955. The summed E-state index contributed by atoms with van der Waals surface area (Å²) in [5, 5.41) is 0. The van der Waals surface area contributed by atoms with E-state index in [4.69, 9.17) is 6.92 Å². The molecule has 0 fully saturated rings. The molecule has 0 rings (SSSR count). The van der Waals surface area contributed by atoms with E-state index in [1.165, 1.54) is 12.8 Å². The second-order valence-corrected chi connectivity index (χ2v) is 1.84. The van der Waals surface area contributed by atoms with Crippen molar-refractivity contribution in [1.29, 1.82) is 0 Å². The summed E-state index contributed by atoms with van der Waals surface area (Å²) in [7, 11) is 0. The number of allylic oxidation sites excluding steroid dienone is 2. The van der Waals surface area contributed by atoms with Crippen molar-refractivity contribution in [2.75, 3.05) is 0 Å². The Hall–Kier alpha value is -0.260. The molecule has 0 amide bonds. The fraction of sp³-hybridized carbons (Fsp3) is 0.625. The maximum atomic E-state index is 5.26. The summed E-state index contributed by atoms with van der Waals surface area (Å²) in [6.07, 6.45) is 8.57. The van der Waals surface area contributed by atoms with Crippen LogP contribution in [0, 0.1) is 6.92 Å². The molecule has 0 atom stereocenters. The quantitative estimate of drug-likeness (QED) is 0.488. The lowest BCUT2D eigenvalue weighted by molar-refractivity contribution is 0.943. The molecule has 0 aliphatic rings. The Morgan fingerprint density at radius 3 is 2.38 bits per heavy atom. The van der Waals surface area contributed by atoms with Gasteiger partial charge in [0.15, 0.2) is 0 Å². The van der Waals surface area contributed by atoms with E-state index < -0.39 is 0 Å². The van der Waals surface area contributed by atoms with Crippen LogP contribution < -0.4 is 0 Å². The topological polar surface area (TPSA) is 0 Å². The Kier molecular flexibility index (Phi) is 6.52. The van der Waals surface area contributed by atoms with E-state index in [0.717, 1.165) is 12.8 Å². The summed E-state index contributed by atoms with van der Waals surface area (Å²) in [5.74, 6) is 0. The van der Waals surface area contributed by atoms with Gasteiger partial charge in [0, 0.05) is 0 Å². The monoisotopic (exact) mass is 110 g/mol. The lowest BCUT2D eigenvalue weighted by atomic mass is 10.2. The van der Waals surface area contributed by atoms with E-state index in [9.17, 15) is 0 Å². The van der Waals surface area contributed by atoms with Crippen molar-refractivity contribution in [2.45, 2.75) is 32.6 Å². The van der Waals surface area contributed by atoms with Crippen LogP contribution in [0.3, 0.4) is 0 Å². The molecule has 0 aliphatic carbocycles. The van der Waals surface area contributed by atoms with Gasteiger partial charge in [-0.2, -0.15) is 0 Å². The van der Waals surface area contributed by atoms with E-state index in [1.807, 2.05) is 0 Å². The Bertz CT molecular complexity index is 45.1. The summed E-state index contributed by atoms with van der Waals surface area (Å²) in [4.78, 5) is 0. The van der Waals surface area contributed by atoms with E-state index in [0.29, 0.717) is 0 Å². The smallest absolute Gasteiger partial charge is 0.0348 e. The molecular formula is C8H14. The minimum absolute atomic E-state index is 0.778. The van der Waals surface area contributed by atoms with Gasteiger partial charge in [0.1, 0.15) is 0 Å². The van der Waals surface area contributed by atoms with Crippen LogP contribution in [-0.2, 0) is 0 Å². The zero-order chi connectivity index (χ0) is 6.24. The van der Waals surface area contributed by atoms with E-state index in [2.05, 4.69) is 19.1 Å². The zero-order valence-corrected chi connectivity index (χ0v) is 5.56. The Morgan fingerprint density at radius 2 is 1.88 bits per heavy atom. The molecule has 0 aromatic heterocycles. The standard InChI is InChI=1S/C8H14/c1-3-5-7-8-6-4-2/h1,7-8H,3-6H2,2H3/b8-7+. The SMILES string of the molecule is [CH]CC/C=C/CCC. The van der Waals surface area contributed by atoms with Gasteiger partial charge in [-0.1, -0.05) is 25.5 Å². The largest absolute Gasteiger partial charge is 0.0885 e. The van der Waals surface area contributed by atoms with Crippen molar-refractivity contribution in [3.63, 3.8) is 0 Å². The minimum Gasteiger partial charge on any atom is -0.0885 e. The molecule has 0 unspecified atom stereocenters. The van der Waals surface area contributed by atoms with E-state index >= 15 is 0 Å². The molecule has 8 heavy (non-hydrogen) atoms. The molecule has 0 aliphatic heterocycles. The molecule has 0 aromatic rings. The van der Waals surface area contributed by atoms with Crippen molar-refractivity contribution in [3.8, 4) is 0 Å². The molecule has 0 bridgehead atoms. The Morgan fingerprint density at radius 1 is 1.25 bits per heavy atom. The fourth-order valence-electron chi connectivity index (χ4n) is 0.499. The average Bonchev–Trinajstić information content (AvgIpc) is 1.81. The first-order valence-electron chi connectivity index (χ1n) is 3.27. The lowest BCUT2D eigenvalue weighted by Gasteiger charge is -1.83.